The maximum atomic E-state index is 12.0. The summed E-state index contributed by atoms with van der Waals surface area (Å²) in [4.78, 5) is 26.9. The van der Waals surface area contributed by atoms with Gasteiger partial charge in [0.2, 0.25) is 5.91 Å². The molecular weight excluding hydrogens is 208 g/mol. The van der Waals surface area contributed by atoms with Crippen LogP contribution < -0.4 is 11.5 Å². The van der Waals surface area contributed by atoms with Gasteiger partial charge in [0, 0.05) is 17.9 Å². The maximum Gasteiger partial charge on any atom is 0.271 e. The molecule has 0 aliphatic carbocycles. The molecule has 0 atom stereocenters. The van der Waals surface area contributed by atoms with Gasteiger partial charge in [-0.3, -0.25) is 9.59 Å². The highest BCUT2D eigenvalue weighted by atomic mass is 16.2. The molecule has 0 unspecified atom stereocenters. The Hall–Kier alpha value is -1.98. The molecule has 0 saturated carbocycles. The van der Waals surface area contributed by atoms with Crippen LogP contribution in [0.5, 0.6) is 0 Å². The van der Waals surface area contributed by atoms with Gasteiger partial charge in [-0.15, -0.1) is 0 Å². The molecule has 0 aromatic carbocycles. The van der Waals surface area contributed by atoms with Crippen LogP contribution in [0.15, 0.2) is 12.3 Å². The van der Waals surface area contributed by atoms with Gasteiger partial charge in [-0.25, -0.2) is 0 Å². The molecule has 5 N–H and O–H groups in total. The number of hydrogen-bond acceptors (Lipinski definition) is 3. The lowest BCUT2D eigenvalue weighted by Crippen LogP contribution is -2.42. The summed E-state index contributed by atoms with van der Waals surface area (Å²) in [5, 5.41) is 0. The summed E-state index contributed by atoms with van der Waals surface area (Å²) in [6.45, 7) is 3.52. The average Bonchev–Trinajstić information content (AvgIpc) is 2.59. The van der Waals surface area contributed by atoms with Crippen molar-refractivity contribution in [2.75, 3.05) is 12.3 Å². The molecule has 6 heteroatoms. The van der Waals surface area contributed by atoms with Gasteiger partial charge in [-0.1, -0.05) is 0 Å². The lowest BCUT2D eigenvalue weighted by Gasteiger charge is -2.24. The van der Waals surface area contributed by atoms with Crippen molar-refractivity contribution in [3.8, 4) is 0 Å². The number of nitrogens with two attached hydrogens (primary N) is 2. The number of aromatic amines is 1. The second-order valence-corrected chi connectivity index (χ2v) is 3.84. The van der Waals surface area contributed by atoms with Crippen molar-refractivity contribution in [3.05, 3.63) is 18.0 Å². The Labute approximate surface area is 93.6 Å². The van der Waals surface area contributed by atoms with E-state index in [0.29, 0.717) is 11.4 Å². The summed E-state index contributed by atoms with van der Waals surface area (Å²) < 4.78 is 0. The van der Waals surface area contributed by atoms with Crippen LogP contribution in [0.25, 0.3) is 0 Å². The average molecular weight is 224 g/mol. The van der Waals surface area contributed by atoms with Gasteiger partial charge < -0.3 is 21.4 Å². The number of carbonyl (C=O) groups is 2. The van der Waals surface area contributed by atoms with E-state index in [0.717, 1.165) is 0 Å². The van der Waals surface area contributed by atoms with Crippen LogP contribution in [0.3, 0.4) is 0 Å². The maximum absolute atomic E-state index is 12.0. The molecule has 2 amide bonds. The number of rotatable bonds is 4. The minimum Gasteiger partial charge on any atom is -0.397 e. The molecule has 0 radical (unpaired) electrons. The summed E-state index contributed by atoms with van der Waals surface area (Å²) in [5.41, 5.74) is 11.4. The van der Waals surface area contributed by atoms with Gasteiger partial charge in [-0.2, -0.15) is 0 Å². The van der Waals surface area contributed by atoms with E-state index in [1.165, 1.54) is 17.2 Å². The van der Waals surface area contributed by atoms with Gasteiger partial charge in [0.1, 0.15) is 5.69 Å². The van der Waals surface area contributed by atoms with Gasteiger partial charge in [0.05, 0.1) is 6.54 Å². The summed E-state index contributed by atoms with van der Waals surface area (Å²) in [6, 6.07) is 1.42. The highest BCUT2D eigenvalue weighted by Crippen LogP contribution is 2.10. The molecule has 0 bridgehead atoms. The third kappa shape index (κ3) is 2.75. The van der Waals surface area contributed by atoms with E-state index in [9.17, 15) is 9.59 Å². The highest BCUT2D eigenvalue weighted by Gasteiger charge is 2.21. The van der Waals surface area contributed by atoms with Crippen LogP contribution in [0, 0.1) is 0 Å². The molecule has 1 rings (SSSR count). The second kappa shape index (κ2) is 4.69. The van der Waals surface area contributed by atoms with Crippen LogP contribution in [0.1, 0.15) is 24.3 Å². The predicted octanol–water partition coefficient (Wildman–Crippen LogP) is -0.0672. The van der Waals surface area contributed by atoms with Gasteiger partial charge in [-0.05, 0) is 19.9 Å². The van der Waals surface area contributed by atoms with E-state index in [4.69, 9.17) is 11.5 Å². The number of amides is 2. The van der Waals surface area contributed by atoms with E-state index in [1.54, 1.807) is 0 Å². The Bertz CT molecular complexity index is 397. The summed E-state index contributed by atoms with van der Waals surface area (Å²) in [5.74, 6) is -0.827. The van der Waals surface area contributed by atoms with E-state index in [-0.39, 0.29) is 18.5 Å². The minimum absolute atomic E-state index is 0.102. The third-order valence-corrected chi connectivity index (χ3v) is 2.15. The standard InChI is InChI=1S/C10H16N4O2/c1-6(2)14(5-9(12)15)10(16)8-3-7(11)4-13-8/h3-4,6,13H,5,11H2,1-2H3,(H2,12,15). The van der Waals surface area contributed by atoms with Crippen LogP contribution in [-0.2, 0) is 4.79 Å². The van der Waals surface area contributed by atoms with Crippen LogP contribution in [-0.4, -0.2) is 34.3 Å². The number of carbonyl (C=O) groups excluding carboxylic acids is 2. The molecule has 0 fully saturated rings. The lowest BCUT2D eigenvalue weighted by atomic mass is 10.2. The first-order chi connectivity index (χ1) is 7.41. The van der Waals surface area contributed by atoms with Crippen LogP contribution in [0.4, 0.5) is 5.69 Å². The van der Waals surface area contributed by atoms with Crippen molar-refractivity contribution in [2.45, 2.75) is 19.9 Å². The first kappa shape index (κ1) is 12.1. The summed E-state index contributed by atoms with van der Waals surface area (Å²) >= 11 is 0. The Balaban J connectivity index is 2.87. The zero-order valence-electron chi connectivity index (χ0n) is 9.36. The highest BCUT2D eigenvalue weighted by molar-refractivity contribution is 5.95. The zero-order valence-corrected chi connectivity index (χ0v) is 9.36. The fourth-order valence-electron chi connectivity index (χ4n) is 1.35. The molecule has 0 aliphatic heterocycles. The molecule has 0 saturated heterocycles. The molecule has 1 aromatic rings. The van der Waals surface area contributed by atoms with Crippen molar-refractivity contribution >= 4 is 17.5 Å². The van der Waals surface area contributed by atoms with Crippen LogP contribution >= 0.6 is 0 Å². The predicted molar refractivity (Wildman–Crippen MR) is 60.6 cm³/mol. The first-order valence-electron chi connectivity index (χ1n) is 4.95. The lowest BCUT2D eigenvalue weighted by molar-refractivity contribution is -0.119. The number of aromatic nitrogens is 1. The van der Waals surface area contributed by atoms with Crippen molar-refractivity contribution in [1.29, 1.82) is 0 Å². The van der Waals surface area contributed by atoms with E-state index in [1.807, 2.05) is 13.8 Å². The van der Waals surface area contributed by atoms with Crippen molar-refractivity contribution in [2.24, 2.45) is 5.73 Å². The number of nitrogen functional groups attached to an aromatic ring is 1. The SMILES string of the molecule is CC(C)N(CC(N)=O)C(=O)c1cc(N)c[nH]1. The minimum atomic E-state index is -0.540. The van der Waals surface area contributed by atoms with E-state index in [2.05, 4.69) is 4.98 Å². The monoisotopic (exact) mass is 224 g/mol. The second-order valence-electron chi connectivity index (χ2n) is 3.84. The third-order valence-electron chi connectivity index (χ3n) is 2.15. The number of anilines is 1. The molecular formula is C10H16N4O2. The van der Waals surface area contributed by atoms with Crippen molar-refractivity contribution in [3.63, 3.8) is 0 Å². The number of hydrogen-bond donors (Lipinski definition) is 3. The Morgan fingerprint density at radius 3 is 2.50 bits per heavy atom. The number of primary amides is 1. The molecule has 1 heterocycles. The number of nitrogens with one attached hydrogen (secondary N) is 1. The van der Waals surface area contributed by atoms with Crippen molar-refractivity contribution < 1.29 is 9.59 Å². The largest absolute Gasteiger partial charge is 0.397 e. The summed E-state index contributed by atoms with van der Waals surface area (Å²) in [7, 11) is 0. The van der Waals surface area contributed by atoms with Gasteiger partial charge in [0.15, 0.2) is 0 Å². The number of H-pyrrole nitrogens is 1. The smallest absolute Gasteiger partial charge is 0.271 e. The normalized spacial score (nSPS) is 10.4. The van der Waals surface area contributed by atoms with E-state index >= 15 is 0 Å². The first-order valence-corrected chi connectivity index (χ1v) is 4.95. The topological polar surface area (TPSA) is 105 Å². The quantitative estimate of drug-likeness (QED) is 0.666. The van der Waals surface area contributed by atoms with Gasteiger partial charge >= 0.3 is 0 Å². The van der Waals surface area contributed by atoms with Crippen LogP contribution in [0.2, 0.25) is 0 Å². The molecule has 0 spiro atoms. The fourth-order valence-corrected chi connectivity index (χ4v) is 1.35. The molecule has 6 nitrogen and oxygen atoms in total. The molecule has 16 heavy (non-hydrogen) atoms. The fraction of sp³-hybridized carbons (Fsp3) is 0.400. The Kier molecular flexibility index (Phi) is 3.55. The molecule has 1 aromatic heterocycles. The van der Waals surface area contributed by atoms with Crippen molar-refractivity contribution in [1.82, 2.24) is 9.88 Å². The van der Waals surface area contributed by atoms with E-state index < -0.39 is 5.91 Å². The molecule has 0 aliphatic rings. The van der Waals surface area contributed by atoms with Gasteiger partial charge in [0.25, 0.3) is 5.91 Å². The summed E-state index contributed by atoms with van der Waals surface area (Å²) in [6.07, 6.45) is 1.52. The zero-order chi connectivity index (χ0) is 12.3. The molecule has 88 valence electrons. The Morgan fingerprint density at radius 2 is 2.12 bits per heavy atom. The Morgan fingerprint density at radius 1 is 1.50 bits per heavy atom. The number of nitrogens with zero attached hydrogens (tertiary/aromatic N) is 1.